The Morgan fingerprint density at radius 3 is 2.48 bits per heavy atom. The van der Waals surface area contributed by atoms with E-state index in [-0.39, 0.29) is 12.4 Å². The summed E-state index contributed by atoms with van der Waals surface area (Å²) in [6.45, 7) is -0.0327. The van der Waals surface area contributed by atoms with Gasteiger partial charge in [0.1, 0.15) is 5.75 Å². The molecule has 6 heteroatoms. The Labute approximate surface area is 162 Å². The molecule has 0 unspecified atom stereocenters. The highest BCUT2D eigenvalue weighted by molar-refractivity contribution is 6.30. The van der Waals surface area contributed by atoms with Crippen molar-refractivity contribution in [1.82, 2.24) is 10.1 Å². The summed E-state index contributed by atoms with van der Waals surface area (Å²) in [6.07, 6.45) is 4.69. The molecule has 0 aliphatic heterocycles. The van der Waals surface area contributed by atoms with Crippen molar-refractivity contribution >= 4 is 17.4 Å². The third-order valence-electron chi connectivity index (χ3n) is 4.79. The van der Waals surface area contributed by atoms with Gasteiger partial charge in [-0.25, -0.2) is 0 Å². The quantitative estimate of drug-likeness (QED) is 0.540. The van der Waals surface area contributed by atoms with Crippen molar-refractivity contribution in [2.75, 3.05) is 6.61 Å². The van der Waals surface area contributed by atoms with Crippen molar-refractivity contribution in [3.05, 3.63) is 65.0 Å². The number of Topliss-reactive ketones (excluding diaryl/α,β-unsaturated/α-hetero) is 1. The zero-order chi connectivity index (χ0) is 18.6. The fourth-order valence-corrected chi connectivity index (χ4v) is 3.39. The Balaban J connectivity index is 1.37. The van der Waals surface area contributed by atoms with E-state index in [0.29, 0.717) is 28.1 Å². The van der Waals surface area contributed by atoms with E-state index in [9.17, 15) is 4.79 Å². The lowest BCUT2D eigenvalue weighted by atomic mass is 10.1. The largest absolute Gasteiger partial charge is 0.485 e. The average Bonchev–Trinajstić information content (AvgIpc) is 3.39. The molecule has 0 atom stereocenters. The highest BCUT2D eigenvalue weighted by Crippen LogP contribution is 2.34. The van der Waals surface area contributed by atoms with E-state index in [1.807, 2.05) is 12.1 Å². The lowest BCUT2D eigenvalue weighted by Gasteiger charge is -2.06. The molecule has 1 aliphatic carbocycles. The van der Waals surface area contributed by atoms with Crippen molar-refractivity contribution in [2.45, 2.75) is 31.6 Å². The summed E-state index contributed by atoms with van der Waals surface area (Å²) in [5.74, 6) is 2.22. The third kappa shape index (κ3) is 4.19. The molecular formula is C21H19ClN2O3. The minimum Gasteiger partial charge on any atom is -0.485 e. The zero-order valence-electron chi connectivity index (χ0n) is 14.7. The number of nitrogens with zero attached hydrogens (tertiary/aromatic N) is 2. The summed E-state index contributed by atoms with van der Waals surface area (Å²) in [7, 11) is 0. The van der Waals surface area contributed by atoms with Crippen LogP contribution in [0.25, 0.3) is 11.4 Å². The monoisotopic (exact) mass is 382 g/mol. The Kier molecular flexibility index (Phi) is 5.21. The lowest BCUT2D eigenvalue weighted by molar-refractivity contribution is 0.0921. The highest BCUT2D eigenvalue weighted by atomic mass is 35.5. The van der Waals surface area contributed by atoms with Gasteiger partial charge in [0.2, 0.25) is 11.7 Å². The summed E-state index contributed by atoms with van der Waals surface area (Å²) in [6, 6.07) is 14.1. The van der Waals surface area contributed by atoms with E-state index in [0.717, 1.165) is 24.3 Å². The molecule has 1 aliphatic rings. The number of ether oxygens (including phenoxy) is 1. The van der Waals surface area contributed by atoms with Gasteiger partial charge in [-0.15, -0.1) is 0 Å². The molecule has 4 rings (SSSR count). The molecule has 1 aromatic heterocycles. The van der Waals surface area contributed by atoms with Crippen molar-refractivity contribution in [1.29, 1.82) is 0 Å². The average molecular weight is 383 g/mol. The zero-order valence-corrected chi connectivity index (χ0v) is 15.5. The molecule has 0 saturated heterocycles. The van der Waals surface area contributed by atoms with E-state index in [2.05, 4.69) is 10.1 Å². The summed E-state index contributed by atoms with van der Waals surface area (Å²) in [4.78, 5) is 16.7. The van der Waals surface area contributed by atoms with Crippen LogP contribution in [-0.4, -0.2) is 22.5 Å². The van der Waals surface area contributed by atoms with Crippen LogP contribution in [0.15, 0.2) is 53.1 Å². The number of carbonyl (C=O) groups excluding carboxylic acids is 1. The van der Waals surface area contributed by atoms with Crippen LogP contribution >= 0.6 is 11.6 Å². The molecule has 0 N–H and O–H groups in total. The van der Waals surface area contributed by atoms with Crippen LogP contribution < -0.4 is 4.74 Å². The number of carbonyl (C=O) groups is 1. The maximum Gasteiger partial charge on any atom is 0.230 e. The molecule has 0 spiro atoms. The normalized spacial score (nSPS) is 14.4. The van der Waals surface area contributed by atoms with E-state index < -0.39 is 0 Å². The van der Waals surface area contributed by atoms with E-state index in [1.54, 1.807) is 36.4 Å². The second kappa shape index (κ2) is 7.92. The molecule has 0 bridgehead atoms. The van der Waals surface area contributed by atoms with Gasteiger partial charge in [-0.05, 0) is 61.4 Å². The molecule has 1 fully saturated rings. The van der Waals surface area contributed by atoms with Gasteiger partial charge in [-0.2, -0.15) is 4.98 Å². The summed E-state index contributed by atoms with van der Waals surface area (Å²) < 4.78 is 11.0. The first-order valence-electron chi connectivity index (χ1n) is 9.04. The first-order valence-corrected chi connectivity index (χ1v) is 9.42. The van der Waals surface area contributed by atoms with Crippen molar-refractivity contribution in [2.24, 2.45) is 0 Å². The van der Waals surface area contributed by atoms with Crippen LogP contribution in [0.2, 0.25) is 5.02 Å². The molecule has 0 amide bonds. The molecule has 3 aromatic rings. The number of hydrogen-bond donors (Lipinski definition) is 0. The number of benzene rings is 2. The predicted octanol–water partition coefficient (Wildman–Crippen LogP) is 5.31. The topological polar surface area (TPSA) is 65.2 Å². The van der Waals surface area contributed by atoms with Crippen molar-refractivity contribution < 1.29 is 14.1 Å². The molecule has 2 aromatic carbocycles. The van der Waals surface area contributed by atoms with Gasteiger partial charge in [0.15, 0.2) is 12.4 Å². The second-order valence-electron chi connectivity index (χ2n) is 6.68. The molecule has 27 heavy (non-hydrogen) atoms. The van der Waals surface area contributed by atoms with Crippen LogP contribution in [0.3, 0.4) is 0 Å². The van der Waals surface area contributed by atoms with Crippen LogP contribution in [0, 0.1) is 0 Å². The maximum absolute atomic E-state index is 12.1. The van der Waals surface area contributed by atoms with Crippen LogP contribution in [-0.2, 0) is 0 Å². The molecule has 5 nitrogen and oxygen atoms in total. The fraction of sp³-hybridized carbons (Fsp3) is 0.286. The van der Waals surface area contributed by atoms with Crippen molar-refractivity contribution in [3.8, 4) is 17.1 Å². The van der Waals surface area contributed by atoms with Crippen molar-refractivity contribution in [3.63, 3.8) is 0 Å². The van der Waals surface area contributed by atoms with Gasteiger partial charge in [0.25, 0.3) is 0 Å². The van der Waals surface area contributed by atoms with Gasteiger partial charge in [0.05, 0.1) is 0 Å². The predicted molar refractivity (Wildman–Crippen MR) is 102 cm³/mol. The summed E-state index contributed by atoms with van der Waals surface area (Å²) in [5, 5.41) is 4.69. The minimum atomic E-state index is -0.102. The van der Waals surface area contributed by atoms with Gasteiger partial charge in [0, 0.05) is 22.1 Å². The molecule has 0 radical (unpaired) electrons. The Bertz CT molecular complexity index is 913. The number of aromatic nitrogens is 2. The first kappa shape index (κ1) is 17.7. The maximum atomic E-state index is 12.1. The SMILES string of the molecule is O=C(COc1ccc(-c2noc(C3CCCC3)n2)cc1)c1ccc(Cl)cc1. The van der Waals surface area contributed by atoms with E-state index in [1.165, 1.54) is 12.8 Å². The third-order valence-corrected chi connectivity index (χ3v) is 5.05. The fourth-order valence-electron chi connectivity index (χ4n) is 3.26. The molecule has 138 valence electrons. The van der Waals surface area contributed by atoms with Gasteiger partial charge in [-0.1, -0.05) is 29.6 Å². The van der Waals surface area contributed by atoms with E-state index in [4.69, 9.17) is 20.9 Å². The molecular weight excluding hydrogens is 364 g/mol. The Morgan fingerprint density at radius 2 is 1.78 bits per heavy atom. The Morgan fingerprint density at radius 1 is 1.07 bits per heavy atom. The summed E-state index contributed by atoms with van der Waals surface area (Å²) in [5.41, 5.74) is 1.43. The number of halogens is 1. The number of ketones is 1. The van der Waals surface area contributed by atoms with Crippen LogP contribution in [0.4, 0.5) is 0 Å². The minimum absolute atomic E-state index is 0.0327. The summed E-state index contributed by atoms with van der Waals surface area (Å²) >= 11 is 5.83. The standard InChI is InChI=1S/C21H19ClN2O3/c22-17-9-5-14(6-10-17)19(25)13-26-18-11-7-15(8-12-18)20-23-21(27-24-20)16-3-1-2-4-16/h5-12,16H,1-4,13H2. The van der Waals surface area contributed by atoms with Gasteiger partial charge < -0.3 is 9.26 Å². The lowest BCUT2D eigenvalue weighted by Crippen LogP contribution is -2.11. The molecule has 1 heterocycles. The van der Waals surface area contributed by atoms with Gasteiger partial charge in [-0.3, -0.25) is 4.79 Å². The Hall–Kier alpha value is -2.66. The van der Waals surface area contributed by atoms with Crippen LogP contribution in [0.1, 0.15) is 47.8 Å². The number of rotatable bonds is 6. The second-order valence-corrected chi connectivity index (χ2v) is 7.12. The first-order chi connectivity index (χ1) is 13.2. The highest BCUT2D eigenvalue weighted by Gasteiger charge is 2.23. The number of hydrogen-bond acceptors (Lipinski definition) is 5. The van der Waals surface area contributed by atoms with Crippen LogP contribution in [0.5, 0.6) is 5.75 Å². The molecule has 1 saturated carbocycles. The smallest absolute Gasteiger partial charge is 0.230 e. The van der Waals surface area contributed by atoms with Gasteiger partial charge >= 0.3 is 0 Å². The van der Waals surface area contributed by atoms with E-state index >= 15 is 0 Å².